The maximum atomic E-state index is 6.62. The Morgan fingerprint density at radius 1 is 0.217 bits per heavy atom. The number of rotatable bonds is 4. The number of hydrogen-bond acceptors (Lipinski definition) is 2. The first-order valence-corrected chi connectivity index (χ1v) is 20.6. The second-order valence-corrected chi connectivity index (χ2v) is 15.9. The van der Waals surface area contributed by atoms with Gasteiger partial charge in [0, 0.05) is 21.9 Å². The minimum absolute atomic E-state index is 0.886. The zero-order valence-corrected chi connectivity index (χ0v) is 32.4. The van der Waals surface area contributed by atoms with E-state index in [1.165, 1.54) is 88.0 Å². The van der Waals surface area contributed by atoms with Crippen LogP contribution >= 0.6 is 0 Å². The van der Waals surface area contributed by atoms with E-state index >= 15 is 0 Å². The third-order valence-electron chi connectivity index (χ3n) is 12.7. The maximum absolute atomic E-state index is 6.62. The fourth-order valence-electron chi connectivity index (χ4n) is 10.0. The van der Waals surface area contributed by atoms with Gasteiger partial charge >= 0.3 is 0 Å². The van der Waals surface area contributed by atoms with Crippen molar-refractivity contribution >= 4 is 43.1 Å². The molecular formula is C58H34O2. The average molecular weight is 763 g/mol. The number of benzene rings is 11. The van der Waals surface area contributed by atoms with E-state index in [-0.39, 0.29) is 0 Å². The van der Waals surface area contributed by atoms with E-state index in [0.29, 0.717) is 0 Å². The van der Waals surface area contributed by atoms with Crippen LogP contribution in [0.1, 0.15) is 0 Å². The Labute approximate surface area is 347 Å². The molecule has 0 unspecified atom stereocenters. The molecular weight excluding hydrogens is 729 g/mol. The molecule has 0 N–H and O–H groups in total. The van der Waals surface area contributed by atoms with E-state index in [1.807, 2.05) is 12.1 Å². The summed E-state index contributed by atoms with van der Waals surface area (Å²) in [6.07, 6.45) is 0. The van der Waals surface area contributed by atoms with Crippen molar-refractivity contribution < 1.29 is 9.47 Å². The van der Waals surface area contributed by atoms with Crippen LogP contribution in [-0.4, -0.2) is 0 Å². The quantitative estimate of drug-likeness (QED) is 0.166. The van der Waals surface area contributed by atoms with Crippen molar-refractivity contribution in [1.82, 2.24) is 0 Å². The number of para-hydroxylation sites is 2. The zero-order chi connectivity index (χ0) is 39.3. The highest BCUT2D eigenvalue weighted by Crippen LogP contribution is 2.54. The molecule has 0 fully saturated rings. The van der Waals surface area contributed by atoms with Crippen LogP contribution in [-0.2, 0) is 0 Å². The first-order valence-electron chi connectivity index (χ1n) is 20.6. The summed E-state index contributed by atoms with van der Waals surface area (Å²) in [5.41, 5.74) is 14.1. The first kappa shape index (κ1) is 33.1. The Morgan fingerprint density at radius 2 is 0.633 bits per heavy atom. The lowest BCUT2D eigenvalue weighted by molar-refractivity contribution is 0.487. The summed E-state index contributed by atoms with van der Waals surface area (Å²) in [6, 6.07) is 74.7. The molecule has 0 saturated heterocycles. The highest BCUT2D eigenvalue weighted by atomic mass is 16.5. The average Bonchev–Trinajstić information content (AvgIpc) is 3.32. The van der Waals surface area contributed by atoms with Gasteiger partial charge in [-0.25, -0.2) is 0 Å². The summed E-state index contributed by atoms with van der Waals surface area (Å²) < 4.78 is 13.2. The standard InChI is InChI=1S/C58H34O2/c1-3-13-35(14-4-1)37-26-28-48-49(33-37)55(45-30-29-44-40-18-8-10-23-52(40)59-53-24-12-21-43(45)58(44)53)47-27-25-38(36-15-5-2-6-16-36)34-50(47)56(48)46-31-32-54-57-41(19-11-20-42(46)57)39-17-7-9-22-51(39)60-54/h1-34H. The molecule has 2 heterocycles. The van der Waals surface area contributed by atoms with Crippen LogP contribution in [0.15, 0.2) is 206 Å². The molecule has 0 spiro atoms. The van der Waals surface area contributed by atoms with Gasteiger partial charge in [0.15, 0.2) is 0 Å². The molecule has 60 heavy (non-hydrogen) atoms. The van der Waals surface area contributed by atoms with Crippen LogP contribution in [0, 0.1) is 0 Å². The van der Waals surface area contributed by atoms with Gasteiger partial charge in [-0.2, -0.15) is 0 Å². The fourth-order valence-corrected chi connectivity index (χ4v) is 10.0. The third kappa shape index (κ3) is 4.82. The predicted molar refractivity (Wildman–Crippen MR) is 249 cm³/mol. The van der Waals surface area contributed by atoms with Crippen molar-refractivity contribution in [2.75, 3.05) is 0 Å². The molecule has 0 saturated carbocycles. The molecule has 0 aromatic heterocycles. The van der Waals surface area contributed by atoms with E-state index in [2.05, 4.69) is 194 Å². The Bertz CT molecular complexity index is 3390. The van der Waals surface area contributed by atoms with E-state index in [0.717, 1.165) is 44.9 Å². The van der Waals surface area contributed by atoms with Gasteiger partial charge in [-0.05, 0) is 130 Å². The minimum atomic E-state index is 0.886. The zero-order valence-electron chi connectivity index (χ0n) is 32.4. The summed E-state index contributed by atoms with van der Waals surface area (Å²) in [7, 11) is 0. The van der Waals surface area contributed by atoms with E-state index in [1.54, 1.807) is 0 Å². The summed E-state index contributed by atoms with van der Waals surface area (Å²) in [4.78, 5) is 0. The predicted octanol–water partition coefficient (Wildman–Crippen LogP) is 16.5. The molecule has 278 valence electrons. The third-order valence-corrected chi connectivity index (χ3v) is 12.7. The molecule has 0 atom stereocenters. The number of fused-ring (bicyclic) bond motifs is 6. The number of hydrogen-bond donors (Lipinski definition) is 0. The van der Waals surface area contributed by atoms with Gasteiger partial charge in [0.1, 0.15) is 23.0 Å². The van der Waals surface area contributed by atoms with Gasteiger partial charge in [-0.1, -0.05) is 164 Å². The second-order valence-electron chi connectivity index (χ2n) is 15.9. The molecule has 0 radical (unpaired) electrons. The van der Waals surface area contributed by atoms with Gasteiger partial charge in [0.2, 0.25) is 0 Å². The molecule has 2 aliphatic rings. The van der Waals surface area contributed by atoms with Crippen molar-refractivity contribution in [2.24, 2.45) is 0 Å². The normalized spacial score (nSPS) is 12.3. The molecule has 0 amide bonds. The van der Waals surface area contributed by atoms with E-state index < -0.39 is 0 Å². The SMILES string of the molecule is c1ccc(-c2ccc3c(-c4ccc5c6c(cccc46)Oc4ccccc4-5)c4cc(-c5ccccc5)ccc4c(-c4ccc5c6c(cccc46)-c4ccccc4O5)c3c2)cc1. The Kier molecular flexibility index (Phi) is 7.05. The van der Waals surface area contributed by atoms with Gasteiger partial charge in [0.25, 0.3) is 0 Å². The smallest absolute Gasteiger partial charge is 0.135 e. The lowest BCUT2D eigenvalue weighted by Crippen LogP contribution is -1.99. The molecule has 11 aromatic rings. The van der Waals surface area contributed by atoms with Gasteiger partial charge in [-0.15, -0.1) is 0 Å². The highest BCUT2D eigenvalue weighted by Gasteiger charge is 2.27. The summed E-state index contributed by atoms with van der Waals surface area (Å²) >= 11 is 0. The van der Waals surface area contributed by atoms with Gasteiger partial charge < -0.3 is 9.47 Å². The minimum Gasteiger partial charge on any atom is -0.456 e. The molecule has 13 rings (SSSR count). The van der Waals surface area contributed by atoms with Crippen LogP contribution in [0.25, 0.3) is 110 Å². The van der Waals surface area contributed by atoms with Crippen molar-refractivity contribution in [1.29, 1.82) is 0 Å². The monoisotopic (exact) mass is 762 g/mol. The number of ether oxygens (including phenoxy) is 2. The van der Waals surface area contributed by atoms with Crippen LogP contribution in [0.4, 0.5) is 0 Å². The van der Waals surface area contributed by atoms with Crippen molar-refractivity contribution in [3.05, 3.63) is 206 Å². The lowest BCUT2D eigenvalue weighted by atomic mass is 9.80. The molecule has 2 heteroatoms. The van der Waals surface area contributed by atoms with Crippen molar-refractivity contribution in [3.63, 3.8) is 0 Å². The summed E-state index contributed by atoms with van der Waals surface area (Å²) in [5.74, 6) is 3.55. The van der Waals surface area contributed by atoms with Gasteiger partial charge in [0.05, 0.1) is 0 Å². The summed E-state index contributed by atoms with van der Waals surface area (Å²) in [6.45, 7) is 0. The van der Waals surface area contributed by atoms with E-state index in [4.69, 9.17) is 9.47 Å². The van der Waals surface area contributed by atoms with Gasteiger partial charge in [-0.3, -0.25) is 0 Å². The van der Waals surface area contributed by atoms with Crippen LogP contribution in [0.2, 0.25) is 0 Å². The first-order chi connectivity index (χ1) is 29.8. The van der Waals surface area contributed by atoms with Crippen LogP contribution in [0.5, 0.6) is 23.0 Å². The topological polar surface area (TPSA) is 18.5 Å². The summed E-state index contributed by atoms with van der Waals surface area (Å²) in [5, 5.41) is 9.42. The fraction of sp³-hybridized carbons (Fsp3) is 0. The second kappa shape index (κ2) is 12.8. The molecule has 0 bridgehead atoms. The Hall–Kier alpha value is -7.94. The Balaban J connectivity index is 1.19. The largest absolute Gasteiger partial charge is 0.456 e. The van der Waals surface area contributed by atoms with Crippen molar-refractivity contribution in [2.45, 2.75) is 0 Å². The van der Waals surface area contributed by atoms with E-state index in [9.17, 15) is 0 Å². The lowest BCUT2D eigenvalue weighted by Gasteiger charge is -2.25. The molecule has 2 nitrogen and oxygen atoms in total. The maximum Gasteiger partial charge on any atom is 0.135 e. The van der Waals surface area contributed by atoms with Crippen LogP contribution in [0.3, 0.4) is 0 Å². The molecule has 11 aromatic carbocycles. The molecule has 2 aliphatic heterocycles. The Morgan fingerprint density at radius 3 is 1.20 bits per heavy atom. The molecule has 0 aliphatic carbocycles. The highest BCUT2D eigenvalue weighted by molar-refractivity contribution is 6.27. The van der Waals surface area contributed by atoms with Crippen LogP contribution < -0.4 is 9.47 Å². The van der Waals surface area contributed by atoms with Crippen molar-refractivity contribution in [3.8, 4) is 89.8 Å².